The van der Waals surface area contributed by atoms with Crippen LogP contribution in [0.15, 0.2) is 23.2 Å². The van der Waals surface area contributed by atoms with Crippen LogP contribution < -0.4 is 4.90 Å². The summed E-state index contributed by atoms with van der Waals surface area (Å²) < 4.78 is 2.83. The minimum absolute atomic E-state index is 0.398. The van der Waals surface area contributed by atoms with Gasteiger partial charge in [-0.3, -0.25) is 0 Å². The molecule has 0 spiro atoms. The monoisotopic (exact) mass is 310 g/mol. The third-order valence-electron chi connectivity index (χ3n) is 2.78. The van der Waals surface area contributed by atoms with Gasteiger partial charge in [-0.05, 0) is 35.7 Å². The molecule has 0 saturated heterocycles. The molecule has 5 heteroatoms. The first-order valence-corrected chi connectivity index (χ1v) is 7.04. The van der Waals surface area contributed by atoms with E-state index in [2.05, 4.69) is 58.5 Å². The third-order valence-corrected chi connectivity index (χ3v) is 3.17. The van der Waals surface area contributed by atoms with Gasteiger partial charge in [0.05, 0.1) is 0 Å². The second kappa shape index (κ2) is 5.26. The average Bonchev–Trinajstić information content (AvgIpc) is 2.71. The number of nitrogens with zero attached hydrogens (tertiary/aromatic N) is 4. The van der Waals surface area contributed by atoms with Gasteiger partial charge in [-0.15, -0.1) is 0 Å². The van der Waals surface area contributed by atoms with Gasteiger partial charge in [0.15, 0.2) is 11.5 Å². The van der Waals surface area contributed by atoms with Crippen molar-refractivity contribution in [2.45, 2.75) is 33.7 Å². The van der Waals surface area contributed by atoms with Crippen LogP contribution in [-0.4, -0.2) is 27.0 Å². The Kier molecular flexibility index (Phi) is 3.90. The lowest BCUT2D eigenvalue weighted by atomic mass is 10.2. The molecule has 98 valence electrons. The molecule has 2 rings (SSSR count). The first-order valence-electron chi connectivity index (χ1n) is 6.25. The average molecular weight is 311 g/mol. The molecule has 0 aromatic carbocycles. The third kappa shape index (κ3) is 2.66. The molecule has 0 saturated carbocycles. The molecule has 2 heterocycles. The van der Waals surface area contributed by atoms with E-state index in [1.807, 2.05) is 16.8 Å². The zero-order valence-electron chi connectivity index (χ0n) is 11.3. The van der Waals surface area contributed by atoms with E-state index >= 15 is 0 Å². The molecule has 0 radical (unpaired) electrons. The number of hydrogen-bond donors (Lipinski definition) is 0. The summed E-state index contributed by atoms with van der Waals surface area (Å²) >= 11 is 3.47. The van der Waals surface area contributed by atoms with Gasteiger partial charge in [0.2, 0.25) is 0 Å². The van der Waals surface area contributed by atoms with E-state index in [9.17, 15) is 0 Å². The largest absolute Gasteiger partial charge is 0.351 e. The van der Waals surface area contributed by atoms with E-state index in [0.29, 0.717) is 12.0 Å². The summed E-state index contributed by atoms with van der Waals surface area (Å²) in [4.78, 5) is 11.3. The summed E-state index contributed by atoms with van der Waals surface area (Å²) in [7, 11) is 0. The standard InChI is InChI=1S/C13H19BrN4/c1-9(2)7-18(10(3)4)13-12-15-5-6-17(12)8-11(14)16-13/h5-6,8-10H,7H2,1-4H3. The van der Waals surface area contributed by atoms with Crippen molar-refractivity contribution in [3.63, 3.8) is 0 Å². The van der Waals surface area contributed by atoms with Crippen LogP contribution in [0.4, 0.5) is 5.82 Å². The number of anilines is 1. The molecular formula is C13H19BrN4. The van der Waals surface area contributed by atoms with Crippen LogP contribution in [0.2, 0.25) is 0 Å². The first-order chi connectivity index (χ1) is 8.49. The van der Waals surface area contributed by atoms with Crippen molar-refractivity contribution >= 4 is 27.4 Å². The topological polar surface area (TPSA) is 33.4 Å². The molecule has 0 aliphatic heterocycles. The molecule has 0 aliphatic carbocycles. The van der Waals surface area contributed by atoms with Crippen molar-refractivity contribution < 1.29 is 0 Å². The summed E-state index contributed by atoms with van der Waals surface area (Å²) in [6, 6.07) is 0.398. The molecule has 0 aliphatic rings. The van der Waals surface area contributed by atoms with E-state index in [0.717, 1.165) is 22.6 Å². The molecule has 0 atom stereocenters. The molecule has 0 fully saturated rings. The van der Waals surface area contributed by atoms with Gasteiger partial charge in [-0.1, -0.05) is 13.8 Å². The highest BCUT2D eigenvalue weighted by atomic mass is 79.9. The van der Waals surface area contributed by atoms with Gasteiger partial charge < -0.3 is 9.30 Å². The van der Waals surface area contributed by atoms with Gasteiger partial charge in [0.1, 0.15) is 4.60 Å². The summed E-state index contributed by atoms with van der Waals surface area (Å²) in [5.41, 5.74) is 0.910. The van der Waals surface area contributed by atoms with Gasteiger partial charge in [-0.25, -0.2) is 9.97 Å². The maximum atomic E-state index is 4.61. The molecule has 18 heavy (non-hydrogen) atoms. The van der Waals surface area contributed by atoms with Crippen LogP contribution in [0.1, 0.15) is 27.7 Å². The van der Waals surface area contributed by atoms with Crippen molar-refractivity contribution in [1.82, 2.24) is 14.4 Å². The maximum absolute atomic E-state index is 4.61. The second-order valence-corrected chi connectivity index (χ2v) is 6.00. The highest BCUT2D eigenvalue weighted by molar-refractivity contribution is 9.10. The fourth-order valence-corrected chi connectivity index (χ4v) is 2.40. The maximum Gasteiger partial charge on any atom is 0.180 e. The van der Waals surface area contributed by atoms with Crippen LogP contribution in [0, 0.1) is 5.92 Å². The van der Waals surface area contributed by atoms with E-state index in [-0.39, 0.29) is 0 Å². The van der Waals surface area contributed by atoms with Crippen molar-refractivity contribution in [2.75, 3.05) is 11.4 Å². The lowest BCUT2D eigenvalue weighted by Crippen LogP contribution is -2.35. The lowest BCUT2D eigenvalue weighted by Gasteiger charge is -2.29. The van der Waals surface area contributed by atoms with Gasteiger partial charge >= 0.3 is 0 Å². The zero-order valence-corrected chi connectivity index (χ0v) is 12.8. The van der Waals surface area contributed by atoms with E-state index in [1.54, 1.807) is 6.20 Å². The van der Waals surface area contributed by atoms with Crippen LogP contribution in [-0.2, 0) is 0 Å². The van der Waals surface area contributed by atoms with Gasteiger partial charge in [-0.2, -0.15) is 0 Å². The van der Waals surface area contributed by atoms with Crippen molar-refractivity contribution in [2.24, 2.45) is 5.92 Å². The summed E-state index contributed by atoms with van der Waals surface area (Å²) in [5, 5.41) is 0. The number of hydrogen-bond acceptors (Lipinski definition) is 3. The molecule has 0 amide bonds. The number of halogens is 1. The number of fused-ring (bicyclic) bond motifs is 1. The van der Waals surface area contributed by atoms with Crippen molar-refractivity contribution in [3.05, 3.63) is 23.2 Å². The van der Waals surface area contributed by atoms with Crippen LogP contribution in [0.3, 0.4) is 0 Å². The Labute approximate surface area is 116 Å². The summed E-state index contributed by atoms with van der Waals surface area (Å²) in [5.74, 6) is 1.53. The highest BCUT2D eigenvalue weighted by Crippen LogP contribution is 2.23. The van der Waals surface area contributed by atoms with E-state index in [1.165, 1.54) is 0 Å². The molecule has 0 unspecified atom stereocenters. The number of aromatic nitrogens is 3. The van der Waals surface area contributed by atoms with Crippen LogP contribution in [0.25, 0.3) is 5.65 Å². The van der Waals surface area contributed by atoms with Gasteiger partial charge in [0.25, 0.3) is 0 Å². The number of rotatable bonds is 4. The van der Waals surface area contributed by atoms with Gasteiger partial charge in [0, 0.05) is 31.2 Å². The Hall–Kier alpha value is -1.10. The zero-order chi connectivity index (χ0) is 13.3. The Balaban J connectivity index is 2.52. The molecular weight excluding hydrogens is 292 g/mol. The predicted molar refractivity (Wildman–Crippen MR) is 78.0 cm³/mol. The first kappa shape index (κ1) is 13.3. The second-order valence-electron chi connectivity index (χ2n) is 5.19. The van der Waals surface area contributed by atoms with Crippen molar-refractivity contribution in [1.29, 1.82) is 0 Å². The van der Waals surface area contributed by atoms with E-state index in [4.69, 9.17) is 0 Å². The lowest BCUT2D eigenvalue weighted by molar-refractivity contribution is 0.566. The Bertz CT molecular complexity index is 533. The molecule has 0 bridgehead atoms. The predicted octanol–water partition coefficient (Wildman–Crippen LogP) is 3.36. The SMILES string of the molecule is CC(C)CN(c1nc(Br)cn2ccnc12)C(C)C. The molecule has 0 N–H and O–H groups in total. The van der Waals surface area contributed by atoms with E-state index < -0.39 is 0 Å². The Morgan fingerprint density at radius 3 is 2.67 bits per heavy atom. The minimum atomic E-state index is 0.398. The molecule has 4 nitrogen and oxygen atoms in total. The fourth-order valence-electron chi connectivity index (χ4n) is 2.01. The van der Waals surface area contributed by atoms with Crippen molar-refractivity contribution in [3.8, 4) is 0 Å². The fraction of sp³-hybridized carbons (Fsp3) is 0.538. The summed E-state index contributed by atoms with van der Waals surface area (Å²) in [6.07, 6.45) is 5.68. The summed E-state index contributed by atoms with van der Waals surface area (Å²) in [6.45, 7) is 9.78. The normalized spacial score (nSPS) is 11.7. The number of imidazole rings is 1. The molecule has 2 aromatic heterocycles. The Morgan fingerprint density at radius 2 is 2.06 bits per heavy atom. The minimum Gasteiger partial charge on any atom is -0.351 e. The van der Waals surface area contributed by atoms with Crippen LogP contribution >= 0.6 is 15.9 Å². The Morgan fingerprint density at radius 1 is 1.33 bits per heavy atom. The smallest absolute Gasteiger partial charge is 0.180 e. The highest BCUT2D eigenvalue weighted by Gasteiger charge is 2.18. The van der Waals surface area contributed by atoms with Crippen LogP contribution in [0.5, 0.6) is 0 Å². The quantitative estimate of drug-likeness (QED) is 0.868. The molecule has 2 aromatic rings.